The topological polar surface area (TPSA) is 29.9 Å². The third kappa shape index (κ3) is 3.13. The summed E-state index contributed by atoms with van der Waals surface area (Å²) in [5, 5.41) is 2.69. The van der Waals surface area contributed by atoms with Gasteiger partial charge in [0.05, 0.1) is 27.8 Å². The van der Waals surface area contributed by atoms with Crippen molar-refractivity contribution in [3.05, 3.63) is 53.6 Å². The van der Waals surface area contributed by atoms with Crippen LogP contribution in [-0.2, 0) is 12.4 Å². The molecule has 3 nitrogen and oxygen atoms in total. The van der Waals surface area contributed by atoms with Crippen molar-refractivity contribution in [3.63, 3.8) is 0 Å². The number of hydrogen-bond donors (Lipinski definition) is 1. The van der Waals surface area contributed by atoms with Crippen molar-refractivity contribution in [2.45, 2.75) is 12.4 Å². The third-order valence-corrected chi connectivity index (χ3v) is 3.62. The minimum Gasteiger partial charge on any atom is -0.358 e. The molecule has 3 rings (SSSR count). The van der Waals surface area contributed by atoms with E-state index in [1.54, 1.807) is 24.3 Å². The van der Waals surface area contributed by atoms with Crippen LogP contribution in [0.1, 0.15) is 11.1 Å². The largest absolute Gasteiger partial charge is 0.416 e. The molecular weight excluding hydrogens is 348 g/mol. The minimum atomic E-state index is -4.91. The van der Waals surface area contributed by atoms with Crippen molar-refractivity contribution in [3.8, 4) is 5.69 Å². The van der Waals surface area contributed by atoms with E-state index in [0.29, 0.717) is 23.2 Å². The summed E-state index contributed by atoms with van der Waals surface area (Å²) in [5.74, 6) is 0.133. The first-order chi connectivity index (χ1) is 11.6. The van der Waals surface area contributed by atoms with E-state index in [1.165, 1.54) is 11.6 Å². The lowest BCUT2D eigenvalue weighted by atomic mass is 10.1. The number of nitrogens with zero attached hydrogens (tertiary/aromatic N) is 2. The van der Waals surface area contributed by atoms with Crippen LogP contribution in [0.5, 0.6) is 0 Å². The Bertz CT molecular complexity index is 891. The summed E-state index contributed by atoms with van der Waals surface area (Å²) in [7, 11) is 1.48. The number of alkyl halides is 6. The summed E-state index contributed by atoms with van der Waals surface area (Å²) in [6.07, 6.45) is -9.82. The molecule has 0 saturated heterocycles. The zero-order valence-corrected chi connectivity index (χ0v) is 12.7. The second-order valence-corrected chi connectivity index (χ2v) is 5.27. The highest BCUT2D eigenvalue weighted by atomic mass is 19.4. The fraction of sp³-hybridized carbons (Fsp3) is 0.188. The molecule has 0 saturated carbocycles. The standard InChI is InChI=1S/C16H11F6N3/c1-23-14-24-12-4-2-3-5-13(12)25(14)11-7-9(15(17,18)19)6-10(8-11)16(20,21)22/h2-8H,1H3,(H,23,24). The number of rotatable bonds is 2. The molecule has 0 aliphatic heterocycles. The Morgan fingerprint density at radius 1 is 0.880 bits per heavy atom. The number of para-hydroxylation sites is 2. The lowest BCUT2D eigenvalue weighted by Gasteiger charge is -2.16. The van der Waals surface area contributed by atoms with Gasteiger partial charge in [-0.1, -0.05) is 12.1 Å². The van der Waals surface area contributed by atoms with E-state index in [1.807, 2.05) is 0 Å². The van der Waals surface area contributed by atoms with E-state index < -0.39 is 23.5 Å². The van der Waals surface area contributed by atoms with Gasteiger partial charge in [0.1, 0.15) is 0 Å². The summed E-state index contributed by atoms with van der Waals surface area (Å²) in [6.45, 7) is 0. The quantitative estimate of drug-likeness (QED) is 0.645. The first-order valence-electron chi connectivity index (χ1n) is 7.06. The van der Waals surface area contributed by atoms with E-state index in [2.05, 4.69) is 10.3 Å². The van der Waals surface area contributed by atoms with E-state index in [0.717, 1.165) is 0 Å². The lowest BCUT2D eigenvalue weighted by Crippen LogP contribution is -2.13. The SMILES string of the molecule is CNc1nc2ccccc2n1-c1cc(C(F)(F)F)cc(C(F)(F)F)c1. The molecule has 0 atom stereocenters. The van der Waals surface area contributed by atoms with Crippen LogP contribution < -0.4 is 5.32 Å². The highest BCUT2D eigenvalue weighted by molar-refractivity contribution is 5.81. The summed E-state index contributed by atoms with van der Waals surface area (Å²) in [6, 6.07) is 7.92. The van der Waals surface area contributed by atoms with Crippen LogP contribution in [0.2, 0.25) is 0 Å². The fourth-order valence-corrected chi connectivity index (χ4v) is 2.52. The maximum Gasteiger partial charge on any atom is 0.416 e. The monoisotopic (exact) mass is 359 g/mol. The van der Waals surface area contributed by atoms with Crippen LogP contribution >= 0.6 is 0 Å². The second kappa shape index (κ2) is 5.68. The van der Waals surface area contributed by atoms with Gasteiger partial charge in [0.25, 0.3) is 0 Å². The Labute approximate surface area is 137 Å². The van der Waals surface area contributed by atoms with Crippen molar-refractivity contribution in [1.82, 2.24) is 9.55 Å². The Balaban J connectivity index is 2.34. The van der Waals surface area contributed by atoms with Gasteiger partial charge in [-0.15, -0.1) is 0 Å². The van der Waals surface area contributed by atoms with E-state index in [4.69, 9.17) is 0 Å². The molecule has 2 aromatic carbocycles. The highest BCUT2D eigenvalue weighted by Crippen LogP contribution is 2.38. The molecule has 0 aliphatic carbocycles. The van der Waals surface area contributed by atoms with Gasteiger partial charge in [0.2, 0.25) is 5.95 Å². The third-order valence-electron chi connectivity index (χ3n) is 3.62. The Morgan fingerprint density at radius 2 is 1.44 bits per heavy atom. The molecule has 0 amide bonds. The molecule has 25 heavy (non-hydrogen) atoms. The molecule has 0 fully saturated rings. The molecule has 3 aromatic rings. The Hall–Kier alpha value is -2.71. The van der Waals surface area contributed by atoms with Crippen LogP contribution in [0.15, 0.2) is 42.5 Å². The normalized spacial score (nSPS) is 12.6. The molecule has 0 unspecified atom stereocenters. The predicted molar refractivity (Wildman–Crippen MR) is 80.6 cm³/mol. The van der Waals surface area contributed by atoms with Gasteiger partial charge in [-0.3, -0.25) is 4.57 Å². The maximum atomic E-state index is 13.1. The zero-order chi connectivity index (χ0) is 18.4. The molecule has 132 valence electrons. The maximum absolute atomic E-state index is 13.1. The van der Waals surface area contributed by atoms with Gasteiger partial charge < -0.3 is 5.32 Å². The molecule has 1 aromatic heterocycles. The van der Waals surface area contributed by atoms with Crippen molar-refractivity contribution >= 4 is 17.0 Å². The fourth-order valence-electron chi connectivity index (χ4n) is 2.52. The summed E-state index contributed by atoms with van der Waals surface area (Å²) in [4.78, 5) is 4.18. The first kappa shape index (κ1) is 17.1. The Morgan fingerprint density at radius 3 is 1.96 bits per heavy atom. The van der Waals surface area contributed by atoms with Crippen molar-refractivity contribution in [2.75, 3.05) is 12.4 Å². The zero-order valence-electron chi connectivity index (χ0n) is 12.7. The number of benzene rings is 2. The molecular formula is C16H11F6N3. The van der Waals surface area contributed by atoms with Gasteiger partial charge in [0, 0.05) is 7.05 Å². The number of anilines is 1. The van der Waals surface area contributed by atoms with Crippen LogP contribution in [0.4, 0.5) is 32.3 Å². The molecule has 0 bridgehead atoms. The summed E-state index contributed by atoms with van der Waals surface area (Å²) in [5.41, 5.74) is -2.20. The van der Waals surface area contributed by atoms with Crippen molar-refractivity contribution in [2.24, 2.45) is 0 Å². The van der Waals surface area contributed by atoms with Crippen LogP contribution in [0, 0.1) is 0 Å². The van der Waals surface area contributed by atoms with Crippen molar-refractivity contribution < 1.29 is 26.3 Å². The number of halogens is 6. The van der Waals surface area contributed by atoms with E-state index in [9.17, 15) is 26.3 Å². The second-order valence-electron chi connectivity index (χ2n) is 5.27. The van der Waals surface area contributed by atoms with Crippen LogP contribution in [0.25, 0.3) is 16.7 Å². The predicted octanol–water partition coefficient (Wildman–Crippen LogP) is 5.10. The lowest BCUT2D eigenvalue weighted by molar-refractivity contribution is -0.143. The average Bonchev–Trinajstić information content (AvgIpc) is 2.91. The number of nitrogens with one attached hydrogen (secondary N) is 1. The first-order valence-corrected chi connectivity index (χ1v) is 7.06. The molecule has 0 radical (unpaired) electrons. The summed E-state index contributed by atoms with van der Waals surface area (Å²) < 4.78 is 79.6. The van der Waals surface area contributed by atoms with Gasteiger partial charge in [-0.25, -0.2) is 4.98 Å². The molecule has 9 heteroatoms. The minimum absolute atomic E-state index is 0.0989. The van der Waals surface area contributed by atoms with Gasteiger partial charge in [-0.05, 0) is 30.3 Å². The van der Waals surface area contributed by atoms with E-state index >= 15 is 0 Å². The van der Waals surface area contributed by atoms with E-state index in [-0.39, 0.29) is 17.7 Å². The number of fused-ring (bicyclic) bond motifs is 1. The van der Waals surface area contributed by atoms with Gasteiger partial charge >= 0.3 is 12.4 Å². The number of hydrogen-bond acceptors (Lipinski definition) is 2. The molecule has 1 heterocycles. The average molecular weight is 359 g/mol. The van der Waals surface area contributed by atoms with Gasteiger partial charge in [0.15, 0.2) is 0 Å². The van der Waals surface area contributed by atoms with Crippen LogP contribution in [0.3, 0.4) is 0 Å². The highest BCUT2D eigenvalue weighted by Gasteiger charge is 2.37. The molecule has 1 N–H and O–H groups in total. The number of imidazole rings is 1. The molecule has 0 aliphatic rings. The number of aromatic nitrogens is 2. The smallest absolute Gasteiger partial charge is 0.358 e. The van der Waals surface area contributed by atoms with Gasteiger partial charge in [-0.2, -0.15) is 26.3 Å². The van der Waals surface area contributed by atoms with Crippen molar-refractivity contribution in [1.29, 1.82) is 0 Å². The molecule has 0 spiro atoms. The summed E-state index contributed by atoms with van der Waals surface area (Å²) >= 11 is 0. The van der Waals surface area contributed by atoms with Crippen LogP contribution in [-0.4, -0.2) is 16.6 Å². The Kier molecular flexibility index (Phi) is 3.89.